The Bertz CT molecular complexity index is 1550. The van der Waals surface area contributed by atoms with Crippen LogP contribution in [0.25, 0.3) is 27.8 Å². The first-order chi connectivity index (χ1) is 17.2. The van der Waals surface area contributed by atoms with Crippen LogP contribution in [0.3, 0.4) is 0 Å². The monoisotopic (exact) mass is 515 g/mol. The molecule has 186 valence electrons. The molecule has 2 heterocycles. The van der Waals surface area contributed by atoms with Crippen molar-refractivity contribution in [3.05, 3.63) is 78.1 Å². The number of halogens is 3. The molecule has 0 spiro atoms. The minimum Gasteiger partial charge on any atom is -0.435 e. The number of amides is 1. The van der Waals surface area contributed by atoms with E-state index in [-0.39, 0.29) is 22.8 Å². The van der Waals surface area contributed by atoms with E-state index in [1.807, 2.05) is 0 Å². The minimum absolute atomic E-state index is 0.0329. The zero-order chi connectivity index (χ0) is 25.4. The predicted molar refractivity (Wildman–Crippen MR) is 128 cm³/mol. The first-order valence-electron chi connectivity index (χ1n) is 11.0. The Morgan fingerprint density at radius 1 is 1.08 bits per heavy atom. The average molecular weight is 516 g/mol. The molecule has 0 bridgehead atoms. The fraction of sp³-hybridized carbons (Fsp3) is 0.200. The van der Waals surface area contributed by atoms with Crippen LogP contribution in [0.1, 0.15) is 16.8 Å². The molecule has 0 saturated carbocycles. The Morgan fingerprint density at radius 2 is 1.86 bits per heavy atom. The molecule has 1 amide bonds. The van der Waals surface area contributed by atoms with Crippen molar-refractivity contribution in [2.75, 3.05) is 11.5 Å². The van der Waals surface area contributed by atoms with Crippen molar-refractivity contribution in [1.29, 1.82) is 0 Å². The average Bonchev–Trinajstić information content (AvgIpc) is 3.38. The fourth-order valence-electron chi connectivity index (χ4n) is 4.25. The van der Waals surface area contributed by atoms with Gasteiger partial charge in [0.25, 0.3) is 5.91 Å². The van der Waals surface area contributed by atoms with Crippen LogP contribution < -0.4 is 10.1 Å². The largest absolute Gasteiger partial charge is 0.435 e. The van der Waals surface area contributed by atoms with Crippen LogP contribution in [-0.4, -0.2) is 48.3 Å². The standard InChI is InChI=1S/C25H20F3N3O4S/c26-17-5-7-19(8-6-17)31-22-13-16(24(32)29-18-10-11-36(33,34)14-18)4-9-21(22)23(30-31)15-2-1-3-20(12-15)35-25(27)28/h1-9,12-13,18,25H,10-11,14H2,(H,29,32)/t18-/m1/s1. The van der Waals surface area contributed by atoms with Crippen molar-refractivity contribution in [3.8, 4) is 22.7 Å². The van der Waals surface area contributed by atoms with Crippen LogP contribution in [0.15, 0.2) is 66.7 Å². The second-order valence-corrected chi connectivity index (χ2v) is 10.7. The smallest absolute Gasteiger partial charge is 0.387 e. The highest BCUT2D eigenvalue weighted by molar-refractivity contribution is 7.91. The molecule has 1 aliphatic heterocycles. The number of nitrogens with zero attached hydrogens (tertiary/aromatic N) is 2. The third-order valence-electron chi connectivity index (χ3n) is 5.91. The van der Waals surface area contributed by atoms with Gasteiger partial charge in [-0.1, -0.05) is 12.1 Å². The lowest BCUT2D eigenvalue weighted by Crippen LogP contribution is -2.35. The molecular weight excluding hydrogens is 495 g/mol. The predicted octanol–water partition coefficient (Wildman–Crippen LogP) is 4.35. The summed E-state index contributed by atoms with van der Waals surface area (Å²) in [6.45, 7) is -2.98. The minimum atomic E-state index is -3.16. The number of aromatic nitrogens is 2. The summed E-state index contributed by atoms with van der Waals surface area (Å²) in [7, 11) is -3.16. The fourth-order valence-corrected chi connectivity index (χ4v) is 5.92. The van der Waals surface area contributed by atoms with E-state index in [2.05, 4.69) is 15.2 Å². The van der Waals surface area contributed by atoms with Crippen LogP contribution in [0.4, 0.5) is 13.2 Å². The van der Waals surface area contributed by atoms with E-state index < -0.39 is 34.2 Å². The molecule has 0 aliphatic carbocycles. The van der Waals surface area contributed by atoms with Gasteiger partial charge in [0.1, 0.15) is 17.3 Å². The number of benzene rings is 3. The Hall–Kier alpha value is -3.86. The summed E-state index contributed by atoms with van der Waals surface area (Å²) < 4.78 is 68.5. The topological polar surface area (TPSA) is 90.3 Å². The van der Waals surface area contributed by atoms with E-state index in [1.165, 1.54) is 41.1 Å². The highest BCUT2D eigenvalue weighted by atomic mass is 32.2. The van der Waals surface area contributed by atoms with Gasteiger partial charge in [0.15, 0.2) is 9.84 Å². The maximum Gasteiger partial charge on any atom is 0.387 e. The van der Waals surface area contributed by atoms with Crippen molar-refractivity contribution in [2.24, 2.45) is 0 Å². The van der Waals surface area contributed by atoms with Crippen LogP contribution >= 0.6 is 0 Å². The molecular formula is C25H20F3N3O4S. The van der Waals surface area contributed by atoms with Gasteiger partial charge in [0.05, 0.1) is 22.7 Å². The summed E-state index contributed by atoms with van der Waals surface area (Å²) in [5, 5.41) is 8.02. The lowest BCUT2D eigenvalue weighted by Gasteiger charge is -2.11. The molecule has 11 heteroatoms. The Kier molecular flexibility index (Phi) is 6.17. The molecule has 1 fully saturated rings. The van der Waals surface area contributed by atoms with Gasteiger partial charge in [-0.25, -0.2) is 17.5 Å². The second-order valence-electron chi connectivity index (χ2n) is 8.45. The Morgan fingerprint density at radius 3 is 2.56 bits per heavy atom. The van der Waals surface area contributed by atoms with E-state index in [1.54, 1.807) is 30.3 Å². The summed E-state index contributed by atoms with van der Waals surface area (Å²) in [4.78, 5) is 12.9. The molecule has 7 nitrogen and oxygen atoms in total. The quantitative estimate of drug-likeness (QED) is 0.413. The van der Waals surface area contributed by atoms with Gasteiger partial charge in [-0.2, -0.15) is 13.9 Å². The van der Waals surface area contributed by atoms with Gasteiger partial charge in [0.2, 0.25) is 0 Å². The summed E-state index contributed by atoms with van der Waals surface area (Å²) in [6, 6.07) is 16.1. The molecule has 1 saturated heterocycles. The summed E-state index contributed by atoms with van der Waals surface area (Å²) in [5.74, 6) is -0.963. The normalized spacial score (nSPS) is 16.9. The van der Waals surface area contributed by atoms with Gasteiger partial charge < -0.3 is 10.1 Å². The molecule has 36 heavy (non-hydrogen) atoms. The number of nitrogens with one attached hydrogen (secondary N) is 1. The van der Waals surface area contributed by atoms with Gasteiger partial charge in [-0.05, 0) is 61.0 Å². The molecule has 0 radical (unpaired) electrons. The molecule has 0 unspecified atom stereocenters. The summed E-state index contributed by atoms with van der Waals surface area (Å²) in [6.07, 6.45) is 0.352. The highest BCUT2D eigenvalue weighted by Gasteiger charge is 2.29. The van der Waals surface area contributed by atoms with E-state index >= 15 is 0 Å². The second kappa shape index (κ2) is 9.30. The molecule has 1 aliphatic rings. The molecule has 3 aromatic carbocycles. The number of fused-ring (bicyclic) bond motifs is 1. The van der Waals surface area contributed by atoms with Crippen molar-refractivity contribution >= 4 is 26.6 Å². The van der Waals surface area contributed by atoms with Gasteiger partial charge in [-0.15, -0.1) is 0 Å². The maximum absolute atomic E-state index is 13.6. The summed E-state index contributed by atoms with van der Waals surface area (Å²) in [5.41, 5.74) is 2.28. The van der Waals surface area contributed by atoms with Crippen molar-refractivity contribution in [2.45, 2.75) is 19.1 Å². The van der Waals surface area contributed by atoms with Crippen LogP contribution in [0.5, 0.6) is 5.75 Å². The zero-order valence-electron chi connectivity index (χ0n) is 18.7. The van der Waals surface area contributed by atoms with Gasteiger partial charge in [-0.3, -0.25) is 4.79 Å². The van der Waals surface area contributed by atoms with E-state index in [0.29, 0.717) is 34.3 Å². The third-order valence-corrected chi connectivity index (χ3v) is 7.68. The van der Waals surface area contributed by atoms with Crippen molar-refractivity contribution in [3.63, 3.8) is 0 Å². The number of hydrogen-bond acceptors (Lipinski definition) is 5. The van der Waals surface area contributed by atoms with Crippen LogP contribution in [0.2, 0.25) is 0 Å². The first-order valence-corrected chi connectivity index (χ1v) is 12.9. The third kappa shape index (κ3) is 4.92. The molecule has 4 aromatic rings. The van der Waals surface area contributed by atoms with Crippen molar-refractivity contribution < 1.29 is 31.1 Å². The highest BCUT2D eigenvalue weighted by Crippen LogP contribution is 2.33. The van der Waals surface area contributed by atoms with E-state index in [4.69, 9.17) is 0 Å². The number of rotatable bonds is 6. The number of carbonyl (C=O) groups excluding carboxylic acids is 1. The number of sulfone groups is 1. The maximum atomic E-state index is 13.6. The molecule has 1 N–H and O–H groups in total. The number of ether oxygens (including phenoxy) is 1. The number of alkyl halides is 2. The molecule has 1 aromatic heterocycles. The molecule has 5 rings (SSSR count). The van der Waals surface area contributed by atoms with E-state index in [0.717, 1.165) is 0 Å². The van der Waals surface area contributed by atoms with Gasteiger partial charge >= 0.3 is 6.61 Å². The lowest BCUT2D eigenvalue weighted by molar-refractivity contribution is -0.0498. The number of carbonyl (C=O) groups is 1. The van der Waals surface area contributed by atoms with Crippen LogP contribution in [0, 0.1) is 5.82 Å². The van der Waals surface area contributed by atoms with Crippen molar-refractivity contribution in [1.82, 2.24) is 15.1 Å². The SMILES string of the molecule is O=C(N[C@@H]1CCS(=O)(=O)C1)c1ccc2c(-c3cccc(OC(F)F)c3)nn(-c3ccc(F)cc3)c2c1. The zero-order valence-corrected chi connectivity index (χ0v) is 19.5. The molecule has 1 atom stereocenters. The first kappa shape index (κ1) is 23.9. The van der Waals surface area contributed by atoms with Gasteiger partial charge in [0, 0.05) is 22.6 Å². The van der Waals surface area contributed by atoms with E-state index in [9.17, 15) is 26.4 Å². The Labute approximate surface area is 204 Å². The summed E-state index contributed by atoms with van der Waals surface area (Å²) >= 11 is 0. The number of hydrogen-bond donors (Lipinski definition) is 1. The van der Waals surface area contributed by atoms with Crippen LogP contribution in [-0.2, 0) is 9.84 Å². The lowest BCUT2D eigenvalue weighted by atomic mass is 10.1. The Balaban J connectivity index is 1.58.